The van der Waals surface area contributed by atoms with Gasteiger partial charge in [0.2, 0.25) is 0 Å². The molecule has 0 bridgehead atoms. The molecule has 1 fully saturated rings. The van der Waals surface area contributed by atoms with Crippen molar-refractivity contribution in [1.82, 2.24) is 10.2 Å². The Morgan fingerprint density at radius 3 is 2.86 bits per heavy atom. The fraction of sp³-hybridized carbons (Fsp3) is 0.438. The summed E-state index contributed by atoms with van der Waals surface area (Å²) >= 11 is 0. The van der Waals surface area contributed by atoms with Gasteiger partial charge in [0.1, 0.15) is 17.1 Å². The molecule has 1 amide bonds. The van der Waals surface area contributed by atoms with Gasteiger partial charge < -0.3 is 19.4 Å². The first-order valence-corrected chi connectivity index (χ1v) is 7.36. The molecule has 0 radical (unpaired) electrons. The average Bonchev–Trinajstić information content (AvgIpc) is 2.83. The van der Waals surface area contributed by atoms with Crippen LogP contribution in [-0.4, -0.2) is 43.6 Å². The number of carbonyl (C=O) groups is 1. The van der Waals surface area contributed by atoms with Crippen molar-refractivity contribution in [1.29, 1.82) is 0 Å². The highest BCUT2D eigenvalue weighted by molar-refractivity contribution is 6.07. The minimum atomic E-state index is 0.0430. The first-order valence-electron chi connectivity index (χ1n) is 7.36. The molecule has 112 valence electrons. The molecule has 0 unspecified atom stereocenters. The fourth-order valence-corrected chi connectivity index (χ4v) is 2.75. The summed E-state index contributed by atoms with van der Waals surface area (Å²) in [7, 11) is 0. The summed E-state index contributed by atoms with van der Waals surface area (Å²) in [6.07, 6.45) is 0. The Kier molecular flexibility index (Phi) is 3.84. The molecule has 2 aromatic rings. The zero-order chi connectivity index (χ0) is 14.8. The van der Waals surface area contributed by atoms with E-state index in [-0.39, 0.29) is 5.91 Å². The lowest BCUT2D eigenvalue weighted by molar-refractivity contribution is 0.0736. The Balaban J connectivity index is 2.01. The Bertz CT molecular complexity index is 657. The first kappa shape index (κ1) is 13.9. The quantitative estimate of drug-likeness (QED) is 0.940. The van der Waals surface area contributed by atoms with Gasteiger partial charge in [-0.2, -0.15) is 0 Å². The van der Waals surface area contributed by atoms with Crippen LogP contribution in [0.5, 0.6) is 5.75 Å². The van der Waals surface area contributed by atoms with Crippen LogP contribution in [0.3, 0.4) is 0 Å². The van der Waals surface area contributed by atoms with Gasteiger partial charge in [-0.3, -0.25) is 4.79 Å². The van der Waals surface area contributed by atoms with Crippen molar-refractivity contribution < 1.29 is 13.9 Å². The molecule has 1 aromatic heterocycles. The van der Waals surface area contributed by atoms with Crippen molar-refractivity contribution in [2.24, 2.45) is 0 Å². The van der Waals surface area contributed by atoms with E-state index in [2.05, 4.69) is 5.32 Å². The number of carbonyl (C=O) groups excluding carboxylic acids is 1. The van der Waals surface area contributed by atoms with Gasteiger partial charge in [0.25, 0.3) is 5.91 Å². The molecule has 3 rings (SSSR count). The van der Waals surface area contributed by atoms with E-state index in [1.807, 2.05) is 36.9 Å². The second-order valence-electron chi connectivity index (χ2n) is 5.17. The fourth-order valence-electron chi connectivity index (χ4n) is 2.75. The molecule has 2 heterocycles. The van der Waals surface area contributed by atoms with Crippen LogP contribution in [0.15, 0.2) is 22.6 Å². The third-order valence-corrected chi connectivity index (χ3v) is 3.76. The number of rotatable bonds is 3. The van der Waals surface area contributed by atoms with Gasteiger partial charge in [-0.15, -0.1) is 0 Å². The van der Waals surface area contributed by atoms with Crippen LogP contribution < -0.4 is 10.1 Å². The standard InChI is InChI=1S/C16H20N2O3/c1-3-20-12-4-5-14-13(10-12)15(11(2)21-14)16(19)18-8-6-17-7-9-18/h4-5,10,17H,3,6-9H2,1-2H3. The SMILES string of the molecule is CCOc1ccc2oc(C)c(C(=O)N3CCNCC3)c2c1. The van der Waals surface area contributed by atoms with Gasteiger partial charge in [0, 0.05) is 31.6 Å². The summed E-state index contributed by atoms with van der Waals surface area (Å²) in [5.41, 5.74) is 1.39. The Labute approximate surface area is 123 Å². The zero-order valence-electron chi connectivity index (χ0n) is 12.4. The molecule has 0 saturated carbocycles. The number of furan rings is 1. The Morgan fingerprint density at radius 2 is 2.14 bits per heavy atom. The third kappa shape index (κ3) is 2.61. The van der Waals surface area contributed by atoms with Crippen molar-refractivity contribution in [3.8, 4) is 5.75 Å². The molecule has 1 aliphatic heterocycles. The smallest absolute Gasteiger partial charge is 0.258 e. The first-order chi connectivity index (χ1) is 10.2. The molecule has 21 heavy (non-hydrogen) atoms. The molecular weight excluding hydrogens is 268 g/mol. The number of nitrogens with zero attached hydrogens (tertiary/aromatic N) is 1. The molecule has 0 spiro atoms. The van der Waals surface area contributed by atoms with Crippen molar-refractivity contribution in [3.05, 3.63) is 29.5 Å². The number of piperazine rings is 1. The predicted octanol–water partition coefficient (Wildman–Crippen LogP) is 2.19. The summed E-state index contributed by atoms with van der Waals surface area (Å²) in [4.78, 5) is 14.6. The predicted molar refractivity (Wildman–Crippen MR) is 80.9 cm³/mol. The molecule has 1 aliphatic rings. The summed E-state index contributed by atoms with van der Waals surface area (Å²) in [5, 5.41) is 4.09. The Morgan fingerprint density at radius 1 is 1.38 bits per heavy atom. The van der Waals surface area contributed by atoms with Gasteiger partial charge in [-0.1, -0.05) is 0 Å². The Hall–Kier alpha value is -2.01. The maximum atomic E-state index is 12.8. The number of fused-ring (bicyclic) bond motifs is 1. The molecule has 1 saturated heterocycles. The minimum absolute atomic E-state index is 0.0430. The molecule has 1 N–H and O–H groups in total. The second kappa shape index (κ2) is 5.77. The number of aryl methyl sites for hydroxylation is 1. The summed E-state index contributed by atoms with van der Waals surface area (Å²) in [5.74, 6) is 1.48. The number of benzene rings is 1. The number of hydrogen-bond acceptors (Lipinski definition) is 4. The van der Waals surface area contributed by atoms with E-state index in [1.165, 1.54) is 0 Å². The summed E-state index contributed by atoms with van der Waals surface area (Å²) in [6.45, 7) is 7.53. The molecule has 5 heteroatoms. The van der Waals surface area contributed by atoms with E-state index in [4.69, 9.17) is 9.15 Å². The van der Waals surface area contributed by atoms with Gasteiger partial charge in [0.05, 0.1) is 12.2 Å². The van der Waals surface area contributed by atoms with Crippen molar-refractivity contribution >= 4 is 16.9 Å². The summed E-state index contributed by atoms with van der Waals surface area (Å²) in [6, 6.07) is 5.63. The average molecular weight is 288 g/mol. The normalized spacial score (nSPS) is 15.4. The van der Waals surface area contributed by atoms with Crippen molar-refractivity contribution in [2.45, 2.75) is 13.8 Å². The van der Waals surface area contributed by atoms with Gasteiger partial charge >= 0.3 is 0 Å². The van der Waals surface area contributed by atoms with Crippen molar-refractivity contribution in [3.63, 3.8) is 0 Å². The van der Waals surface area contributed by atoms with Crippen LogP contribution in [0.25, 0.3) is 11.0 Å². The number of nitrogens with one attached hydrogen (secondary N) is 1. The van der Waals surface area contributed by atoms with Crippen LogP contribution in [0.2, 0.25) is 0 Å². The van der Waals surface area contributed by atoms with E-state index in [0.717, 1.165) is 42.9 Å². The van der Waals surface area contributed by atoms with E-state index in [0.29, 0.717) is 17.9 Å². The van der Waals surface area contributed by atoms with Gasteiger partial charge in [-0.05, 0) is 32.0 Å². The van der Waals surface area contributed by atoms with Crippen LogP contribution in [0.4, 0.5) is 0 Å². The highest BCUT2D eigenvalue weighted by atomic mass is 16.5. The molecule has 1 aromatic carbocycles. The largest absolute Gasteiger partial charge is 0.494 e. The highest BCUT2D eigenvalue weighted by Gasteiger charge is 2.24. The second-order valence-corrected chi connectivity index (χ2v) is 5.17. The molecule has 0 aliphatic carbocycles. The number of ether oxygens (including phenoxy) is 1. The van der Waals surface area contributed by atoms with Gasteiger partial charge in [-0.25, -0.2) is 0 Å². The lowest BCUT2D eigenvalue weighted by Crippen LogP contribution is -2.46. The number of amides is 1. The lowest BCUT2D eigenvalue weighted by Gasteiger charge is -2.27. The highest BCUT2D eigenvalue weighted by Crippen LogP contribution is 2.30. The van der Waals surface area contributed by atoms with E-state index in [1.54, 1.807) is 0 Å². The van der Waals surface area contributed by atoms with Crippen LogP contribution in [-0.2, 0) is 0 Å². The van der Waals surface area contributed by atoms with E-state index >= 15 is 0 Å². The minimum Gasteiger partial charge on any atom is -0.494 e. The maximum absolute atomic E-state index is 12.8. The van der Waals surface area contributed by atoms with Crippen molar-refractivity contribution in [2.75, 3.05) is 32.8 Å². The summed E-state index contributed by atoms with van der Waals surface area (Å²) < 4.78 is 11.3. The van der Waals surface area contributed by atoms with Crippen LogP contribution >= 0.6 is 0 Å². The molecule has 0 atom stereocenters. The third-order valence-electron chi connectivity index (χ3n) is 3.76. The monoisotopic (exact) mass is 288 g/mol. The maximum Gasteiger partial charge on any atom is 0.258 e. The van der Waals surface area contributed by atoms with Gasteiger partial charge in [0.15, 0.2) is 0 Å². The lowest BCUT2D eigenvalue weighted by atomic mass is 10.1. The number of hydrogen-bond donors (Lipinski definition) is 1. The van der Waals surface area contributed by atoms with E-state index < -0.39 is 0 Å². The molecular formula is C16H20N2O3. The van der Waals surface area contributed by atoms with E-state index in [9.17, 15) is 4.79 Å². The zero-order valence-corrected chi connectivity index (χ0v) is 12.4. The molecule has 5 nitrogen and oxygen atoms in total. The topological polar surface area (TPSA) is 54.7 Å². The van der Waals surface area contributed by atoms with Crippen LogP contribution in [0, 0.1) is 6.92 Å². The van der Waals surface area contributed by atoms with Crippen LogP contribution in [0.1, 0.15) is 23.0 Å².